The van der Waals surface area contributed by atoms with Crippen LogP contribution in [-0.4, -0.2) is 19.6 Å². The topological polar surface area (TPSA) is 50.9 Å². The molecule has 2 aromatic heterocycles. The maximum absolute atomic E-state index is 12.4. The predicted octanol–water partition coefficient (Wildman–Crippen LogP) is 14.9. The quantitative estimate of drug-likeness (QED) is 0.175. The highest BCUT2D eigenvalue weighted by Gasteiger charge is 2.29. The maximum atomic E-state index is 12.4. The highest BCUT2D eigenvalue weighted by atomic mass is 16.3. The van der Waals surface area contributed by atoms with Crippen molar-refractivity contribution in [1.82, 2.24) is 14.5 Å². The van der Waals surface area contributed by atoms with E-state index < -0.39 is 6.04 Å². The van der Waals surface area contributed by atoms with Gasteiger partial charge in [0.2, 0.25) is 0 Å². The molecule has 0 saturated carbocycles. The molecule has 0 radical (unpaired) electrons. The van der Waals surface area contributed by atoms with Gasteiger partial charge in [0.25, 0.3) is 0 Å². The first-order chi connectivity index (χ1) is 30.6. The second kappa shape index (κ2) is 15.4. The third-order valence-corrected chi connectivity index (χ3v) is 11.5. The number of phenolic OH excluding ortho intramolecular Hbond substituents is 1. The number of nitrogens with zero attached hydrogens (tertiary/aromatic N) is 3. The molecule has 0 unspecified atom stereocenters. The third-order valence-electron chi connectivity index (χ3n) is 11.5. The average Bonchev–Trinajstić information content (AvgIpc) is 3.66. The minimum absolute atomic E-state index is 0.131. The van der Waals surface area contributed by atoms with Gasteiger partial charge < -0.3 is 5.11 Å². The SMILES string of the molecule is [2H]c1c([2H])c([2H])c(-c2ccnc(-c3cc(-c4cccc5c4nc(-c4cc(C(C)(C)C)cc(C(C)(C)C)c4O)n5-c4ccc(-c5ccccc5)c(CC)c4)cc(C(C)(C)C)c3)c2)c([2H])c1[2H]. The van der Waals surface area contributed by atoms with Crippen LogP contribution >= 0.6 is 0 Å². The average molecular weight is 793 g/mol. The lowest BCUT2D eigenvalue weighted by molar-refractivity contribution is 0.446. The lowest BCUT2D eigenvalue weighted by Gasteiger charge is -2.27. The van der Waals surface area contributed by atoms with Crippen molar-refractivity contribution in [2.24, 2.45) is 0 Å². The highest BCUT2D eigenvalue weighted by Crippen LogP contribution is 2.45. The van der Waals surface area contributed by atoms with Gasteiger partial charge in [-0.2, -0.15) is 0 Å². The van der Waals surface area contributed by atoms with E-state index in [0.717, 1.165) is 62.1 Å². The molecule has 6 aromatic carbocycles. The molecule has 0 bridgehead atoms. The summed E-state index contributed by atoms with van der Waals surface area (Å²) in [6, 6.07) is 35.7. The van der Waals surface area contributed by atoms with E-state index >= 15 is 0 Å². The molecule has 302 valence electrons. The van der Waals surface area contributed by atoms with E-state index in [1.807, 2.05) is 6.07 Å². The Balaban J connectivity index is 1.41. The first-order valence-electron chi connectivity index (χ1n) is 23.4. The summed E-state index contributed by atoms with van der Waals surface area (Å²) in [5.74, 6) is 0.846. The molecule has 4 heteroatoms. The van der Waals surface area contributed by atoms with Gasteiger partial charge in [0.05, 0.1) is 29.1 Å². The second-order valence-electron chi connectivity index (χ2n) is 18.9. The maximum Gasteiger partial charge on any atom is 0.149 e. The van der Waals surface area contributed by atoms with E-state index in [4.69, 9.17) is 16.8 Å². The van der Waals surface area contributed by atoms with Crippen LogP contribution < -0.4 is 0 Å². The number of rotatable bonds is 7. The van der Waals surface area contributed by atoms with Crippen molar-refractivity contribution >= 4 is 11.0 Å². The molecule has 1 N–H and O–H groups in total. The van der Waals surface area contributed by atoms with Crippen molar-refractivity contribution in [3.63, 3.8) is 0 Å². The van der Waals surface area contributed by atoms with Crippen molar-refractivity contribution in [3.05, 3.63) is 168 Å². The third kappa shape index (κ3) is 7.79. The van der Waals surface area contributed by atoms with E-state index in [-0.39, 0.29) is 51.7 Å². The minimum atomic E-state index is -0.429. The van der Waals surface area contributed by atoms with Gasteiger partial charge in [0.15, 0.2) is 0 Å². The smallest absolute Gasteiger partial charge is 0.149 e. The Morgan fingerprint density at radius 3 is 1.97 bits per heavy atom. The normalized spacial score (nSPS) is 13.5. The van der Waals surface area contributed by atoms with E-state index in [1.165, 1.54) is 11.1 Å². The summed E-state index contributed by atoms with van der Waals surface area (Å²) in [4.78, 5) is 10.3. The van der Waals surface area contributed by atoms with Gasteiger partial charge in [-0.05, 0) is 116 Å². The van der Waals surface area contributed by atoms with E-state index in [1.54, 1.807) is 18.3 Å². The Bertz CT molecular complexity index is 3120. The van der Waals surface area contributed by atoms with Crippen molar-refractivity contribution < 1.29 is 12.0 Å². The van der Waals surface area contributed by atoms with Gasteiger partial charge in [-0.1, -0.05) is 160 Å². The van der Waals surface area contributed by atoms with Crippen LogP contribution in [0.25, 0.3) is 72.7 Å². The Labute approximate surface area is 363 Å². The monoisotopic (exact) mass is 792 g/mol. The van der Waals surface area contributed by atoms with Gasteiger partial charge in [0, 0.05) is 28.6 Å². The first kappa shape index (κ1) is 34.6. The van der Waals surface area contributed by atoms with E-state index in [9.17, 15) is 5.11 Å². The fourth-order valence-corrected chi connectivity index (χ4v) is 8.00. The summed E-state index contributed by atoms with van der Waals surface area (Å²) in [7, 11) is 0. The zero-order valence-corrected chi connectivity index (χ0v) is 36.5. The molecule has 0 spiro atoms. The number of phenols is 1. The van der Waals surface area contributed by atoms with Crippen molar-refractivity contribution in [2.75, 3.05) is 0 Å². The molecular formula is C56H57N3O. The molecule has 8 aromatic rings. The number of para-hydroxylation sites is 1. The Morgan fingerprint density at radius 1 is 0.583 bits per heavy atom. The molecule has 0 aliphatic heterocycles. The van der Waals surface area contributed by atoms with E-state index in [2.05, 4.69) is 165 Å². The van der Waals surface area contributed by atoms with Gasteiger partial charge in [0.1, 0.15) is 11.6 Å². The number of pyridine rings is 1. The summed E-state index contributed by atoms with van der Waals surface area (Å²) in [6.45, 7) is 21.7. The van der Waals surface area contributed by atoms with Crippen LogP contribution in [0.1, 0.15) is 98.3 Å². The molecule has 2 heterocycles. The van der Waals surface area contributed by atoms with Gasteiger partial charge in [-0.3, -0.25) is 9.55 Å². The number of hydrogen-bond donors (Lipinski definition) is 1. The van der Waals surface area contributed by atoms with Crippen LogP contribution in [0.5, 0.6) is 5.75 Å². The lowest BCUT2D eigenvalue weighted by Crippen LogP contribution is -2.17. The summed E-state index contributed by atoms with van der Waals surface area (Å²) in [5, 5.41) is 12.4. The van der Waals surface area contributed by atoms with Gasteiger partial charge >= 0.3 is 0 Å². The predicted molar refractivity (Wildman–Crippen MR) is 253 cm³/mol. The Kier molecular flexibility index (Phi) is 8.88. The first-order valence-corrected chi connectivity index (χ1v) is 20.9. The molecule has 0 aliphatic rings. The minimum Gasteiger partial charge on any atom is -0.507 e. The number of aromatic nitrogens is 3. The lowest BCUT2D eigenvalue weighted by atomic mass is 9.79. The zero-order valence-electron chi connectivity index (χ0n) is 41.5. The van der Waals surface area contributed by atoms with Crippen molar-refractivity contribution in [3.8, 4) is 67.5 Å². The van der Waals surface area contributed by atoms with Crippen LogP contribution in [0.4, 0.5) is 0 Å². The van der Waals surface area contributed by atoms with Crippen molar-refractivity contribution in [1.29, 1.82) is 0 Å². The largest absolute Gasteiger partial charge is 0.507 e. The molecule has 0 amide bonds. The van der Waals surface area contributed by atoms with E-state index in [0.29, 0.717) is 22.6 Å². The van der Waals surface area contributed by atoms with Crippen LogP contribution in [-0.2, 0) is 22.7 Å². The summed E-state index contributed by atoms with van der Waals surface area (Å²) < 4.78 is 44.3. The number of fused-ring (bicyclic) bond motifs is 1. The van der Waals surface area contributed by atoms with Crippen LogP contribution in [0.3, 0.4) is 0 Å². The zero-order chi connectivity index (χ0) is 46.9. The van der Waals surface area contributed by atoms with Crippen LogP contribution in [0, 0.1) is 0 Å². The fourth-order valence-electron chi connectivity index (χ4n) is 8.00. The van der Waals surface area contributed by atoms with Crippen LogP contribution in [0.15, 0.2) is 146 Å². The molecule has 0 saturated heterocycles. The second-order valence-corrected chi connectivity index (χ2v) is 18.9. The number of aryl methyl sites for hydroxylation is 1. The molecule has 60 heavy (non-hydrogen) atoms. The molecule has 0 fully saturated rings. The Hall–Kier alpha value is -6.26. The molecule has 8 rings (SSSR count). The standard InChI is InChI=1S/C56H57N3O/c1-11-36-32-44(25-26-45(36)38-21-16-13-17-22-38)59-50-24-18-23-46(51(50)58-53(59)47-34-43(55(5,6)7)35-48(52(47)60)56(8,9)10)40-29-41(31-42(30-40)54(2,3)4)49-33-39(27-28-57-49)37-19-14-12-15-20-37/h12-35,60H,11H2,1-10H3/i12D,14D,15D,19D,20D. The van der Waals surface area contributed by atoms with Crippen molar-refractivity contribution in [2.45, 2.75) is 91.9 Å². The molecule has 0 atom stereocenters. The van der Waals surface area contributed by atoms with Gasteiger partial charge in [-0.15, -0.1) is 0 Å². The molecule has 0 aliphatic carbocycles. The summed E-state index contributed by atoms with van der Waals surface area (Å²) >= 11 is 0. The number of imidazole rings is 1. The summed E-state index contributed by atoms with van der Waals surface area (Å²) in [5.41, 5.74) is 12.8. The number of benzene rings is 6. The highest BCUT2D eigenvalue weighted by molar-refractivity contribution is 5.97. The fraction of sp³-hybridized carbons (Fsp3) is 0.250. The molecule has 4 nitrogen and oxygen atoms in total. The Morgan fingerprint density at radius 2 is 1.28 bits per heavy atom. The number of hydrogen-bond acceptors (Lipinski definition) is 3. The molecular weight excluding hydrogens is 731 g/mol. The van der Waals surface area contributed by atoms with Gasteiger partial charge in [-0.25, -0.2) is 4.98 Å². The summed E-state index contributed by atoms with van der Waals surface area (Å²) in [6.07, 6.45) is 2.44. The van der Waals surface area contributed by atoms with Crippen LogP contribution in [0.2, 0.25) is 0 Å². The number of aromatic hydroxyl groups is 1.